The fourth-order valence-electron chi connectivity index (χ4n) is 0.591. The van der Waals surface area contributed by atoms with E-state index in [0.717, 1.165) is 5.57 Å². The molecule has 0 N–H and O–H groups in total. The van der Waals surface area contributed by atoms with Crippen LogP contribution in [0.3, 0.4) is 0 Å². The zero-order valence-corrected chi connectivity index (χ0v) is 9.69. The molecule has 1 heteroatoms. The topological polar surface area (TPSA) is 19.9 Å². The number of hydrogen-bond acceptors (Lipinski definition) is 0. The molecule has 75 valence electrons. The molecule has 0 amide bonds. The van der Waals surface area contributed by atoms with Gasteiger partial charge in [0.25, 0.3) is 0 Å². The second kappa shape index (κ2) is 3.57. The summed E-state index contributed by atoms with van der Waals surface area (Å²) >= 11 is 0. The highest BCUT2D eigenvalue weighted by Crippen LogP contribution is 2.30. The molecule has 0 aliphatic carbocycles. The monoisotopic (exact) mass is 181 g/mol. The molecule has 0 aromatic rings. The quantitative estimate of drug-likeness (QED) is 0.431. The molecule has 0 aliphatic heterocycles. The van der Waals surface area contributed by atoms with Crippen molar-refractivity contribution in [2.24, 2.45) is 10.8 Å². The van der Waals surface area contributed by atoms with E-state index in [4.69, 9.17) is 0 Å². The SMILES string of the molecule is C=C(C=C([O])C(C)(C)C)C(C)(C)C. The van der Waals surface area contributed by atoms with Crippen LogP contribution in [0.15, 0.2) is 24.0 Å². The summed E-state index contributed by atoms with van der Waals surface area (Å²) in [7, 11) is 0. The van der Waals surface area contributed by atoms with E-state index in [2.05, 4.69) is 27.4 Å². The van der Waals surface area contributed by atoms with Gasteiger partial charge in [0.1, 0.15) is 0 Å². The molecule has 13 heavy (non-hydrogen) atoms. The van der Waals surface area contributed by atoms with E-state index in [1.165, 1.54) is 0 Å². The summed E-state index contributed by atoms with van der Waals surface area (Å²) in [5, 5.41) is 11.6. The van der Waals surface area contributed by atoms with Crippen LogP contribution in [0.1, 0.15) is 41.5 Å². The Labute approximate surface area is 82.2 Å². The first-order valence-electron chi connectivity index (χ1n) is 4.64. The number of allylic oxidation sites excluding steroid dienone is 3. The van der Waals surface area contributed by atoms with Gasteiger partial charge in [0.2, 0.25) is 0 Å². The molecule has 0 fully saturated rings. The molecular weight excluding hydrogens is 160 g/mol. The average molecular weight is 181 g/mol. The number of hydrogen-bond donors (Lipinski definition) is 0. The predicted molar refractivity (Wildman–Crippen MR) is 56.8 cm³/mol. The molecule has 0 rings (SSSR count). The van der Waals surface area contributed by atoms with Crippen molar-refractivity contribution in [3.8, 4) is 0 Å². The Kier molecular flexibility index (Phi) is 3.37. The van der Waals surface area contributed by atoms with Crippen molar-refractivity contribution < 1.29 is 5.11 Å². The molecule has 0 spiro atoms. The smallest absolute Gasteiger partial charge is 0.161 e. The van der Waals surface area contributed by atoms with E-state index in [1.807, 2.05) is 20.8 Å². The van der Waals surface area contributed by atoms with Crippen molar-refractivity contribution >= 4 is 0 Å². The van der Waals surface area contributed by atoms with Gasteiger partial charge in [-0.1, -0.05) is 48.1 Å². The summed E-state index contributed by atoms with van der Waals surface area (Å²) in [5.41, 5.74) is 0.585. The summed E-state index contributed by atoms with van der Waals surface area (Å²) < 4.78 is 0. The molecule has 1 nitrogen and oxygen atoms in total. The van der Waals surface area contributed by atoms with E-state index in [-0.39, 0.29) is 16.6 Å². The molecule has 1 radical (unpaired) electrons. The Hall–Kier alpha value is -0.720. The van der Waals surface area contributed by atoms with Crippen LogP contribution in [-0.4, -0.2) is 0 Å². The minimum absolute atomic E-state index is 0.0130. The van der Waals surface area contributed by atoms with Gasteiger partial charge in [-0.15, -0.1) is 0 Å². The van der Waals surface area contributed by atoms with Crippen LogP contribution in [0.4, 0.5) is 0 Å². The zero-order valence-electron chi connectivity index (χ0n) is 9.69. The second-order valence-electron chi connectivity index (χ2n) is 5.53. The van der Waals surface area contributed by atoms with E-state index in [9.17, 15) is 5.11 Å². The molecule has 0 saturated carbocycles. The standard InChI is InChI=1S/C12H21O/c1-9(11(2,3)4)8-10(13)12(5,6)7/h8H,1H2,2-7H3. The first-order chi connectivity index (χ1) is 5.55. The largest absolute Gasteiger partial charge is 0.294 e. The van der Waals surface area contributed by atoms with Crippen molar-refractivity contribution in [2.45, 2.75) is 41.5 Å². The highest BCUT2D eigenvalue weighted by atomic mass is 16.3. The maximum absolute atomic E-state index is 11.6. The van der Waals surface area contributed by atoms with Gasteiger partial charge in [0, 0.05) is 5.41 Å². The highest BCUT2D eigenvalue weighted by molar-refractivity contribution is 5.24. The lowest BCUT2D eigenvalue weighted by atomic mass is 9.84. The minimum Gasteiger partial charge on any atom is -0.294 e. The third-order valence-corrected chi connectivity index (χ3v) is 2.01. The van der Waals surface area contributed by atoms with Gasteiger partial charge in [-0.25, -0.2) is 0 Å². The van der Waals surface area contributed by atoms with Gasteiger partial charge in [0.15, 0.2) is 5.76 Å². The van der Waals surface area contributed by atoms with E-state index >= 15 is 0 Å². The van der Waals surface area contributed by atoms with Crippen LogP contribution in [0.5, 0.6) is 0 Å². The van der Waals surface area contributed by atoms with Crippen molar-refractivity contribution in [3.63, 3.8) is 0 Å². The third-order valence-electron chi connectivity index (χ3n) is 2.01. The summed E-state index contributed by atoms with van der Waals surface area (Å²) in [4.78, 5) is 0. The minimum atomic E-state index is -0.297. The third kappa shape index (κ3) is 4.16. The average Bonchev–Trinajstić information content (AvgIpc) is 1.82. The fraction of sp³-hybridized carbons (Fsp3) is 0.667. The Balaban J connectivity index is 4.70. The molecule has 0 atom stereocenters. The number of rotatable bonds is 1. The fourth-order valence-corrected chi connectivity index (χ4v) is 0.591. The van der Waals surface area contributed by atoms with Gasteiger partial charge in [-0.05, 0) is 17.1 Å². The lowest BCUT2D eigenvalue weighted by molar-refractivity contribution is 0.201. The molecule has 0 heterocycles. The van der Waals surface area contributed by atoms with E-state index in [0.29, 0.717) is 0 Å². The Bertz CT molecular complexity index is 220. The van der Waals surface area contributed by atoms with Gasteiger partial charge >= 0.3 is 0 Å². The Morgan fingerprint density at radius 2 is 1.38 bits per heavy atom. The van der Waals surface area contributed by atoms with Crippen molar-refractivity contribution in [1.82, 2.24) is 0 Å². The van der Waals surface area contributed by atoms with Crippen LogP contribution in [-0.2, 0) is 5.11 Å². The highest BCUT2D eigenvalue weighted by Gasteiger charge is 2.21. The van der Waals surface area contributed by atoms with Crippen LogP contribution in [0.25, 0.3) is 0 Å². The molecule has 0 saturated heterocycles. The first-order valence-corrected chi connectivity index (χ1v) is 4.64. The summed E-state index contributed by atoms with van der Waals surface area (Å²) in [6, 6.07) is 0. The van der Waals surface area contributed by atoms with Crippen LogP contribution < -0.4 is 0 Å². The lowest BCUT2D eigenvalue weighted by Gasteiger charge is -2.21. The second-order valence-corrected chi connectivity index (χ2v) is 5.53. The van der Waals surface area contributed by atoms with Crippen LogP contribution >= 0.6 is 0 Å². The zero-order chi connectivity index (χ0) is 10.9. The molecule has 0 aliphatic rings. The van der Waals surface area contributed by atoms with E-state index < -0.39 is 0 Å². The first kappa shape index (κ1) is 12.3. The van der Waals surface area contributed by atoms with Gasteiger partial charge < -0.3 is 0 Å². The molecular formula is C12H21O. The van der Waals surface area contributed by atoms with Crippen LogP contribution in [0, 0.1) is 10.8 Å². The van der Waals surface area contributed by atoms with Gasteiger partial charge in [0.05, 0.1) is 0 Å². The molecule has 0 aromatic heterocycles. The maximum atomic E-state index is 11.6. The normalized spacial score (nSPS) is 14.5. The van der Waals surface area contributed by atoms with Crippen LogP contribution in [0.2, 0.25) is 0 Å². The maximum Gasteiger partial charge on any atom is 0.161 e. The van der Waals surface area contributed by atoms with Gasteiger partial charge in [-0.3, -0.25) is 5.11 Å². The van der Waals surface area contributed by atoms with Crippen molar-refractivity contribution in [1.29, 1.82) is 0 Å². The Morgan fingerprint density at radius 3 is 1.62 bits per heavy atom. The summed E-state index contributed by atoms with van der Waals surface area (Å²) in [6.45, 7) is 15.8. The van der Waals surface area contributed by atoms with Gasteiger partial charge in [-0.2, -0.15) is 0 Å². The molecule has 0 unspecified atom stereocenters. The molecule has 0 bridgehead atoms. The predicted octanol–water partition coefficient (Wildman–Crippen LogP) is 3.95. The Morgan fingerprint density at radius 1 is 1.00 bits per heavy atom. The van der Waals surface area contributed by atoms with E-state index in [1.54, 1.807) is 6.08 Å². The molecule has 0 aromatic carbocycles. The lowest BCUT2D eigenvalue weighted by Crippen LogP contribution is -2.11. The summed E-state index contributed by atoms with van der Waals surface area (Å²) in [5.74, 6) is 0.146. The van der Waals surface area contributed by atoms with Crippen molar-refractivity contribution in [2.75, 3.05) is 0 Å². The summed E-state index contributed by atoms with van der Waals surface area (Å²) in [6.07, 6.45) is 1.67. The van der Waals surface area contributed by atoms with Crippen molar-refractivity contribution in [3.05, 3.63) is 24.0 Å².